The number of imide groups is 2. The molecule has 8 nitrogen and oxygen atoms in total. The van der Waals surface area contributed by atoms with E-state index in [-0.39, 0.29) is 29.0 Å². The number of amides is 4. The minimum atomic E-state index is -1.07. The first-order valence-corrected chi connectivity index (χ1v) is 13.6. The number of carbonyl (C=O) groups is 4. The van der Waals surface area contributed by atoms with Crippen molar-refractivity contribution >= 4 is 34.4 Å². The topological polar surface area (TPSA) is 115 Å². The highest BCUT2D eigenvalue weighted by Crippen LogP contribution is 2.39. The summed E-state index contributed by atoms with van der Waals surface area (Å²) in [5, 5.41) is 19.9. The second kappa shape index (κ2) is 10.7. The van der Waals surface area contributed by atoms with Crippen LogP contribution < -0.4 is 0 Å². The Bertz CT molecular complexity index is 1170. The molecule has 0 radical (unpaired) electrons. The molecule has 37 heavy (non-hydrogen) atoms. The summed E-state index contributed by atoms with van der Waals surface area (Å²) in [7, 11) is 0. The zero-order valence-corrected chi connectivity index (χ0v) is 21.1. The van der Waals surface area contributed by atoms with Gasteiger partial charge in [-0.15, -0.1) is 0 Å². The van der Waals surface area contributed by atoms with Crippen LogP contribution >= 0.6 is 0 Å². The highest BCUT2D eigenvalue weighted by atomic mass is 16.3. The van der Waals surface area contributed by atoms with Crippen molar-refractivity contribution in [2.45, 2.75) is 82.7 Å². The molecule has 1 aliphatic carbocycles. The van der Waals surface area contributed by atoms with E-state index in [1.807, 2.05) is 0 Å². The van der Waals surface area contributed by atoms with Crippen molar-refractivity contribution in [1.29, 1.82) is 0 Å². The van der Waals surface area contributed by atoms with Crippen LogP contribution in [-0.2, 0) is 0 Å². The molecule has 3 aliphatic rings. The molecule has 2 aromatic rings. The second-order valence-corrected chi connectivity index (χ2v) is 10.5. The van der Waals surface area contributed by atoms with Crippen LogP contribution in [0.1, 0.15) is 112 Å². The molecule has 1 fully saturated rings. The lowest BCUT2D eigenvalue weighted by molar-refractivity contribution is 0.0373. The number of carbonyl (C=O) groups excluding carboxylic acids is 4. The van der Waals surface area contributed by atoms with Gasteiger partial charge >= 0.3 is 0 Å². The number of nitrogens with zero attached hydrogens (tertiary/aromatic N) is 2. The van der Waals surface area contributed by atoms with E-state index in [9.17, 15) is 29.4 Å². The van der Waals surface area contributed by atoms with Gasteiger partial charge in [-0.25, -0.2) is 0 Å². The van der Waals surface area contributed by atoms with Gasteiger partial charge < -0.3 is 10.2 Å². The molecule has 8 heteroatoms. The average Bonchev–Trinajstić information content (AvgIpc) is 2.89. The fourth-order valence-corrected chi connectivity index (χ4v) is 6.20. The maximum atomic E-state index is 13.8. The fourth-order valence-electron chi connectivity index (χ4n) is 6.20. The van der Waals surface area contributed by atoms with Crippen LogP contribution in [-0.4, -0.2) is 68.9 Å². The van der Waals surface area contributed by atoms with Crippen molar-refractivity contribution in [3.8, 4) is 0 Å². The van der Waals surface area contributed by atoms with Gasteiger partial charge in [0.1, 0.15) is 0 Å². The molecule has 196 valence electrons. The largest absolute Gasteiger partial charge is 0.394 e. The second-order valence-electron chi connectivity index (χ2n) is 10.5. The summed E-state index contributed by atoms with van der Waals surface area (Å²) in [6.07, 6.45) is 11.8. The van der Waals surface area contributed by atoms with Gasteiger partial charge in [0, 0.05) is 39.1 Å². The Kier molecular flexibility index (Phi) is 7.40. The molecule has 0 spiro atoms. The Morgan fingerprint density at radius 1 is 0.595 bits per heavy atom. The zero-order valence-electron chi connectivity index (χ0n) is 21.1. The Morgan fingerprint density at radius 2 is 0.946 bits per heavy atom. The maximum absolute atomic E-state index is 13.8. The van der Waals surface area contributed by atoms with Crippen molar-refractivity contribution in [2.24, 2.45) is 0 Å². The molecule has 5 rings (SSSR count). The van der Waals surface area contributed by atoms with E-state index in [4.69, 9.17) is 0 Å². The molecule has 0 atom stereocenters. The Balaban J connectivity index is 1.54. The summed E-state index contributed by atoms with van der Waals surface area (Å²) in [6.45, 7) is -1.15. The normalized spacial score (nSPS) is 20.0. The summed E-state index contributed by atoms with van der Waals surface area (Å²) in [6, 6.07) is 4.93. The molecule has 0 bridgehead atoms. The molecule has 2 aliphatic heterocycles. The predicted molar refractivity (Wildman–Crippen MR) is 137 cm³/mol. The van der Waals surface area contributed by atoms with Gasteiger partial charge in [-0.3, -0.25) is 29.0 Å². The molecule has 2 heterocycles. The average molecular weight is 507 g/mol. The van der Waals surface area contributed by atoms with Crippen LogP contribution in [0.15, 0.2) is 24.3 Å². The van der Waals surface area contributed by atoms with E-state index in [2.05, 4.69) is 0 Å². The zero-order chi connectivity index (χ0) is 26.1. The van der Waals surface area contributed by atoms with E-state index in [0.717, 1.165) is 43.4 Å². The highest BCUT2D eigenvalue weighted by Gasteiger charge is 2.42. The standard InChI is InChI=1S/C29H34N2O6/c32-16-19(17-33)31-28(36)22-14-12-20-24-21(13-15-23(25(22)24)29(31)37)27(35)30(26(20)34)18-10-8-6-4-2-1-3-5-7-9-11-18/h12-15,18-19,32-33H,1-11,16-17H2. The maximum Gasteiger partial charge on any atom is 0.261 e. The quantitative estimate of drug-likeness (QED) is 0.605. The smallest absolute Gasteiger partial charge is 0.261 e. The van der Waals surface area contributed by atoms with Gasteiger partial charge in [0.05, 0.1) is 19.3 Å². The van der Waals surface area contributed by atoms with Crippen LogP contribution in [0.2, 0.25) is 0 Å². The first-order valence-electron chi connectivity index (χ1n) is 13.6. The van der Waals surface area contributed by atoms with E-state index in [0.29, 0.717) is 21.9 Å². The van der Waals surface area contributed by atoms with Crippen molar-refractivity contribution in [3.05, 3.63) is 46.5 Å². The molecular weight excluding hydrogens is 472 g/mol. The van der Waals surface area contributed by atoms with Crippen molar-refractivity contribution in [3.63, 3.8) is 0 Å². The molecule has 0 saturated heterocycles. The number of benzene rings is 2. The van der Waals surface area contributed by atoms with E-state index in [1.54, 1.807) is 12.1 Å². The van der Waals surface area contributed by atoms with Crippen LogP contribution in [0.25, 0.3) is 10.8 Å². The van der Waals surface area contributed by atoms with Crippen LogP contribution in [0.5, 0.6) is 0 Å². The SMILES string of the molecule is O=C1c2ccc3c4c(ccc(c24)C(=O)N1C(CO)CO)C(=O)N(C1CCCCCCCCCCC1)C3=O. The molecule has 1 saturated carbocycles. The van der Waals surface area contributed by atoms with Gasteiger partial charge in [0.25, 0.3) is 23.6 Å². The van der Waals surface area contributed by atoms with Crippen LogP contribution in [0, 0.1) is 0 Å². The third kappa shape index (κ3) is 4.36. The summed E-state index contributed by atoms with van der Waals surface area (Å²) < 4.78 is 0. The molecule has 2 aromatic carbocycles. The lowest BCUT2D eigenvalue weighted by Crippen LogP contribution is -2.51. The van der Waals surface area contributed by atoms with Gasteiger partial charge in [-0.05, 0) is 37.1 Å². The third-order valence-corrected chi connectivity index (χ3v) is 8.18. The summed E-state index contributed by atoms with van der Waals surface area (Å²) in [4.78, 5) is 56.4. The number of hydrogen-bond donors (Lipinski definition) is 2. The van der Waals surface area contributed by atoms with Crippen molar-refractivity contribution in [2.75, 3.05) is 13.2 Å². The van der Waals surface area contributed by atoms with Gasteiger partial charge in [-0.1, -0.05) is 57.8 Å². The molecule has 0 unspecified atom stereocenters. The van der Waals surface area contributed by atoms with Crippen molar-refractivity contribution in [1.82, 2.24) is 9.80 Å². The Labute approximate surface area is 216 Å². The lowest BCUT2D eigenvalue weighted by atomic mass is 9.84. The minimum Gasteiger partial charge on any atom is -0.394 e. The molecular formula is C29H34N2O6. The van der Waals surface area contributed by atoms with Crippen molar-refractivity contribution < 1.29 is 29.4 Å². The molecule has 4 amide bonds. The molecule has 0 aromatic heterocycles. The Hall–Kier alpha value is -3.10. The highest BCUT2D eigenvalue weighted by molar-refractivity contribution is 6.33. The lowest BCUT2D eigenvalue weighted by Gasteiger charge is -2.36. The summed E-state index contributed by atoms with van der Waals surface area (Å²) in [5.74, 6) is -2.06. The van der Waals surface area contributed by atoms with Crippen LogP contribution in [0.3, 0.4) is 0 Å². The van der Waals surface area contributed by atoms with Gasteiger partial charge in [0.15, 0.2) is 0 Å². The van der Waals surface area contributed by atoms with E-state index < -0.39 is 31.1 Å². The first-order chi connectivity index (χ1) is 18.0. The third-order valence-electron chi connectivity index (χ3n) is 8.18. The van der Waals surface area contributed by atoms with Crippen LogP contribution in [0.4, 0.5) is 0 Å². The number of rotatable bonds is 4. The van der Waals surface area contributed by atoms with Gasteiger partial charge in [0.2, 0.25) is 0 Å². The number of aliphatic hydroxyl groups excluding tert-OH is 2. The Morgan fingerprint density at radius 3 is 1.32 bits per heavy atom. The molecule has 2 N–H and O–H groups in total. The van der Waals surface area contributed by atoms with E-state index in [1.165, 1.54) is 49.1 Å². The fraction of sp³-hybridized carbons (Fsp3) is 0.517. The predicted octanol–water partition coefficient (Wildman–Crippen LogP) is 4.06. The monoisotopic (exact) mass is 506 g/mol. The number of hydrogen-bond acceptors (Lipinski definition) is 6. The minimum absolute atomic E-state index is 0.177. The summed E-state index contributed by atoms with van der Waals surface area (Å²) >= 11 is 0. The van der Waals surface area contributed by atoms with E-state index >= 15 is 0 Å². The summed E-state index contributed by atoms with van der Waals surface area (Å²) in [5.41, 5.74) is 1.02. The first kappa shape index (κ1) is 25.5. The number of aliphatic hydroxyl groups is 2. The van der Waals surface area contributed by atoms with Gasteiger partial charge in [-0.2, -0.15) is 0 Å².